The summed E-state index contributed by atoms with van der Waals surface area (Å²) in [4.78, 5) is 30.7. The summed E-state index contributed by atoms with van der Waals surface area (Å²) in [6.07, 6.45) is 2.95. The normalized spacial score (nSPS) is 16.1. The lowest BCUT2D eigenvalue weighted by molar-refractivity contribution is -0.133. The van der Waals surface area contributed by atoms with Crippen LogP contribution in [0.15, 0.2) is 22.3 Å². The minimum absolute atomic E-state index is 0.0624. The van der Waals surface area contributed by atoms with Crippen molar-refractivity contribution in [1.29, 1.82) is 5.26 Å². The highest BCUT2D eigenvalue weighted by atomic mass is 32.1. The number of hydrogen-bond donors (Lipinski definition) is 1. The average molecular weight is 400 g/mol. The second kappa shape index (κ2) is 9.18. The summed E-state index contributed by atoms with van der Waals surface area (Å²) in [7, 11) is 0. The molecule has 0 radical (unpaired) electrons. The van der Waals surface area contributed by atoms with Gasteiger partial charge in [-0.2, -0.15) is 5.26 Å². The number of carbonyl (C=O) groups is 1. The number of thiophene rings is 1. The molecule has 1 unspecified atom stereocenters. The van der Waals surface area contributed by atoms with Crippen LogP contribution in [0, 0.1) is 25.2 Å². The van der Waals surface area contributed by atoms with Gasteiger partial charge in [0.2, 0.25) is 5.91 Å². The monoisotopic (exact) mass is 399 g/mol. The summed E-state index contributed by atoms with van der Waals surface area (Å²) in [5.74, 6) is 0.0624. The van der Waals surface area contributed by atoms with Gasteiger partial charge in [0.05, 0.1) is 12.6 Å². The van der Waals surface area contributed by atoms with Crippen molar-refractivity contribution in [2.24, 2.45) is 0 Å². The third-order valence-electron chi connectivity index (χ3n) is 5.24. The quantitative estimate of drug-likeness (QED) is 0.775. The second-order valence-electron chi connectivity index (χ2n) is 7.16. The first-order valence-electron chi connectivity index (χ1n) is 9.53. The number of nitriles is 1. The van der Waals surface area contributed by atoms with Crippen LogP contribution in [0.5, 0.6) is 0 Å². The zero-order chi connectivity index (χ0) is 20.1. The maximum Gasteiger partial charge on any atom is 0.266 e. The Hall–Kier alpha value is -2.43. The Morgan fingerprint density at radius 1 is 1.46 bits per heavy atom. The molecule has 1 N–H and O–H groups in total. The van der Waals surface area contributed by atoms with E-state index >= 15 is 0 Å². The van der Waals surface area contributed by atoms with Crippen molar-refractivity contribution in [3.05, 3.63) is 55.1 Å². The van der Waals surface area contributed by atoms with Crippen molar-refractivity contribution in [2.45, 2.75) is 52.2 Å². The van der Waals surface area contributed by atoms with E-state index in [9.17, 15) is 14.9 Å². The molecule has 1 amide bonds. The van der Waals surface area contributed by atoms with Crippen LogP contribution in [0.3, 0.4) is 0 Å². The Labute approximate surface area is 168 Å². The van der Waals surface area contributed by atoms with Crippen LogP contribution >= 0.6 is 11.3 Å². The molecule has 6 nitrogen and oxygen atoms in total. The Balaban J connectivity index is 1.73. The number of rotatable bonds is 7. The zero-order valence-corrected chi connectivity index (χ0v) is 17.1. The molecule has 0 saturated carbocycles. The second-order valence-corrected chi connectivity index (χ2v) is 8.19. The molecule has 1 aliphatic heterocycles. The first kappa shape index (κ1) is 20.3. The molecule has 0 spiro atoms. The lowest BCUT2D eigenvalue weighted by Gasteiger charge is -2.25. The van der Waals surface area contributed by atoms with Crippen LogP contribution in [-0.4, -0.2) is 35.0 Å². The highest BCUT2D eigenvalue weighted by Gasteiger charge is 2.23. The number of carbonyl (C=O) groups excluding carboxylic acids is 1. The highest BCUT2D eigenvalue weighted by molar-refractivity contribution is 7.09. The predicted molar refractivity (Wildman–Crippen MR) is 108 cm³/mol. The zero-order valence-electron chi connectivity index (χ0n) is 16.3. The van der Waals surface area contributed by atoms with Crippen LogP contribution in [0.1, 0.15) is 46.5 Å². The van der Waals surface area contributed by atoms with E-state index in [1.165, 1.54) is 0 Å². The van der Waals surface area contributed by atoms with Crippen molar-refractivity contribution in [1.82, 2.24) is 9.88 Å². The van der Waals surface area contributed by atoms with E-state index in [2.05, 4.69) is 4.98 Å². The van der Waals surface area contributed by atoms with E-state index in [0.717, 1.165) is 35.6 Å². The number of hydrogen-bond acceptors (Lipinski definition) is 5. The molecule has 0 aromatic carbocycles. The summed E-state index contributed by atoms with van der Waals surface area (Å²) >= 11 is 1.64. The molecule has 0 bridgehead atoms. The van der Waals surface area contributed by atoms with Crippen LogP contribution in [-0.2, 0) is 22.5 Å². The van der Waals surface area contributed by atoms with Gasteiger partial charge in [-0.1, -0.05) is 6.07 Å². The first-order valence-corrected chi connectivity index (χ1v) is 10.4. The summed E-state index contributed by atoms with van der Waals surface area (Å²) < 4.78 is 5.73. The van der Waals surface area contributed by atoms with Gasteiger partial charge in [-0.25, -0.2) is 0 Å². The first-order chi connectivity index (χ1) is 13.5. The van der Waals surface area contributed by atoms with Gasteiger partial charge < -0.3 is 14.6 Å². The van der Waals surface area contributed by atoms with Crippen LogP contribution in [0.4, 0.5) is 0 Å². The lowest BCUT2D eigenvalue weighted by atomic mass is 9.99. The topological polar surface area (TPSA) is 86.2 Å². The highest BCUT2D eigenvalue weighted by Crippen LogP contribution is 2.20. The van der Waals surface area contributed by atoms with E-state index in [4.69, 9.17) is 4.74 Å². The number of aryl methyl sites for hydroxylation is 1. The minimum Gasteiger partial charge on any atom is -0.376 e. The van der Waals surface area contributed by atoms with Crippen LogP contribution < -0.4 is 5.56 Å². The SMILES string of the molecule is Cc1[nH]c(=O)c(C#N)c(C)c1CCC(=O)N(Cc1cccs1)CC1CCCO1. The largest absolute Gasteiger partial charge is 0.376 e. The molecular formula is C21H25N3O3S. The number of H-pyrrole nitrogens is 1. The van der Waals surface area contributed by atoms with Crippen molar-refractivity contribution in [2.75, 3.05) is 13.2 Å². The number of amides is 1. The predicted octanol–water partition coefficient (Wildman–Crippen LogP) is 3.07. The summed E-state index contributed by atoms with van der Waals surface area (Å²) in [6, 6.07) is 5.99. The van der Waals surface area contributed by atoms with Gasteiger partial charge in [0.25, 0.3) is 5.56 Å². The number of aromatic amines is 1. The summed E-state index contributed by atoms with van der Waals surface area (Å²) in [5, 5.41) is 11.2. The summed E-state index contributed by atoms with van der Waals surface area (Å²) in [5.41, 5.74) is 2.02. The number of nitrogens with one attached hydrogen (secondary N) is 1. The van der Waals surface area contributed by atoms with Gasteiger partial charge in [0, 0.05) is 30.1 Å². The molecule has 28 heavy (non-hydrogen) atoms. The van der Waals surface area contributed by atoms with Gasteiger partial charge in [0.1, 0.15) is 11.6 Å². The van der Waals surface area contributed by atoms with Crippen molar-refractivity contribution in [3.8, 4) is 6.07 Å². The van der Waals surface area contributed by atoms with Crippen molar-refractivity contribution >= 4 is 17.2 Å². The van der Waals surface area contributed by atoms with Gasteiger partial charge in [0.15, 0.2) is 0 Å². The lowest BCUT2D eigenvalue weighted by Crippen LogP contribution is -2.37. The molecule has 1 aliphatic rings. The fraction of sp³-hybridized carbons (Fsp3) is 0.476. The van der Waals surface area contributed by atoms with Gasteiger partial charge in [-0.3, -0.25) is 9.59 Å². The molecule has 2 aromatic heterocycles. The molecule has 1 atom stereocenters. The van der Waals surface area contributed by atoms with Gasteiger partial charge >= 0.3 is 0 Å². The Kier molecular flexibility index (Phi) is 6.65. The third-order valence-corrected chi connectivity index (χ3v) is 6.10. The smallest absolute Gasteiger partial charge is 0.266 e. The molecule has 2 aromatic rings. The van der Waals surface area contributed by atoms with E-state index in [-0.39, 0.29) is 23.1 Å². The van der Waals surface area contributed by atoms with Crippen molar-refractivity contribution in [3.63, 3.8) is 0 Å². The molecule has 1 saturated heterocycles. The van der Waals surface area contributed by atoms with Gasteiger partial charge in [-0.05, 0) is 55.7 Å². The van der Waals surface area contributed by atoms with Gasteiger partial charge in [-0.15, -0.1) is 11.3 Å². The molecular weight excluding hydrogens is 374 g/mol. The summed E-state index contributed by atoms with van der Waals surface area (Å²) in [6.45, 7) is 5.53. The minimum atomic E-state index is -0.370. The number of nitrogens with zero attached hydrogens (tertiary/aromatic N) is 2. The van der Waals surface area contributed by atoms with E-state index in [1.807, 2.05) is 35.4 Å². The molecule has 148 valence electrons. The molecule has 1 fully saturated rings. The number of pyridine rings is 1. The van der Waals surface area contributed by atoms with Crippen molar-refractivity contribution < 1.29 is 9.53 Å². The fourth-order valence-electron chi connectivity index (χ4n) is 3.69. The van der Waals surface area contributed by atoms with E-state index in [0.29, 0.717) is 31.5 Å². The molecule has 7 heteroatoms. The third kappa shape index (κ3) is 4.70. The molecule has 3 heterocycles. The maximum atomic E-state index is 13.0. The molecule has 3 rings (SSSR count). The maximum absolute atomic E-state index is 13.0. The van der Waals surface area contributed by atoms with E-state index in [1.54, 1.807) is 18.3 Å². The molecule has 0 aliphatic carbocycles. The standard InChI is InChI=1S/C21H25N3O3S/c1-14-18(15(2)23-21(26)19(14)11-22)7-8-20(25)24(12-16-5-3-9-27-16)13-17-6-4-10-28-17/h4,6,10,16H,3,5,7-9,12-13H2,1-2H3,(H,23,26). The van der Waals surface area contributed by atoms with Crippen LogP contribution in [0.25, 0.3) is 0 Å². The average Bonchev–Trinajstić information content (AvgIpc) is 3.35. The Bertz CT molecular complexity index is 922. The van der Waals surface area contributed by atoms with Crippen LogP contribution in [0.2, 0.25) is 0 Å². The Morgan fingerprint density at radius 2 is 2.29 bits per heavy atom. The number of aromatic nitrogens is 1. The fourth-order valence-corrected chi connectivity index (χ4v) is 4.41. The Morgan fingerprint density at radius 3 is 2.93 bits per heavy atom. The number of ether oxygens (including phenoxy) is 1. The van der Waals surface area contributed by atoms with E-state index < -0.39 is 0 Å².